The van der Waals surface area contributed by atoms with Gasteiger partial charge in [-0.25, -0.2) is 13.6 Å². The van der Waals surface area contributed by atoms with Gasteiger partial charge in [0, 0.05) is 29.1 Å². The summed E-state index contributed by atoms with van der Waals surface area (Å²) < 4.78 is 39.1. The van der Waals surface area contributed by atoms with Crippen molar-refractivity contribution in [3.8, 4) is 0 Å². The highest BCUT2D eigenvalue weighted by molar-refractivity contribution is 6.01. The third-order valence-electron chi connectivity index (χ3n) is 13.2. The first-order valence-corrected chi connectivity index (χ1v) is 14.7. The molecule has 8 heteroatoms. The first kappa shape index (κ1) is 25.8. The van der Waals surface area contributed by atoms with Crippen LogP contribution in [-0.4, -0.2) is 51.5 Å². The van der Waals surface area contributed by atoms with E-state index in [1.165, 1.54) is 31.9 Å². The smallest absolute Gasteiger partial charge is 0.349 e. The number of carboxylic acids is 1. The summed E-state index contributed by atoms with van der Waals surface area (Å²) in [5, 5.41) is 22.2. The molecular weight excluding hydrogens is 506 g/mol. The minimum atomic E-state index is -2.30. The SMILES string of the molecule is C[C@@H]1C[C@H]2[C@@H]3C[C@H](F)C4=CC(=O)C=C[C@]4(C)[C@@]3(F)[C@@H](O)C[C@]2(C)[C@@]1(OC(=O)C[C@H]1CC23C[C@H]2CC[C@H]13)C(=O)O. The molecule has 0 saturated heterocycles. The molecule has 0 heterocycles. The Morgan fingerprint density at radius 3 is 2.51 bits per heavy atom. The third-order valence-corrected chi connectivity index (χ3v) is 13.2. The topological polar surface area (TPSA) is 101 Å². The maximum atomic E-state index is 17.4. The number of ether oxygens (including phenoxy) is 1. The summed E-state index contributed by atoms with van der Waals surface area (Å²) in [4.78, 5) is 38.5. The Kier molecular flexibility index (Phi) is 5.03. The van der Waals surface area contributed by atoms with Crippen LogP contribution in [0.2, 0.25) is 0 Å². The second-order valence-corrected chi connectivity index (χ2v) is 14.5. The van der Waals surface area contributed by atoms with Crippen LogP contribution >= 0.6 is 0 Å². The van der Waals surface area contributed by atoms with Crippen molar-refractivity contribution in [3.05, 3.63) is 23.8 Å². The Labute approximate surface area is 227 Å². The van der Waals surface area contributed by atoms with Gasteiger partial charge in [-0.05, 0) is 98.7 Å². The van der Waals surface area contributed by atoms with Crippen LogP contribution in [0.3, 0.4) is 0 Å². The summed E-state index contributed by atoms with van der Waals surface area (Å²) in [7, 11) is 0. The van der Waals surface area contributed by atoms with E-state index in [4.69, 9.17) is 4.74 Å². The van der Waals surface area contributed by atoms with E-state index in [0.29, 0.717) is 11.3 Å². The predicted molar refractivity (Wildman–Crippen MR) is 136 cm³/mol. The van der Waals surface area contributed by atoms with Gasteiger partial charge in [0.05, 0.1) is 6.10 Å². The molecule has 6 fully saturated rings. The minimum Gasteiger partial charge on any atom is -0.478 e. The second-order valence-electron chi connectivity index (χ2n) is 14.5. The number of carbonyl (C=O) groups is 3. The number of allylic oxidation sites excluding steroid dienone is 4. The maximum absolute atomic E-state index is 17.4. The molecule has 0 aromatic heterocycles. The van der Waals surface area contributed by atoms with Crippen molar-refractivity contribution in [2.75, 3.05) is 0 Å². The molecule has 0 radical (unpaired) electrons. The van der Waals surface area contributed by atoms with E-state index < -0.39 is 69.9 Å². The van der Waals surface area contributed by atoms with Gasteiger partial charge in [0.25, 0.3) is 0 Å². The monoisotopic (exact) mass is 544 g/mol. The molecule has 13 atom stereocenters. The number of aliphatic hydroxyl groups is 1. The summed E-state index contributed by atoms with van der Waals surface area (Å²) in [5.41, 5.74) is -6.63. The summed E-state index contributed by atoms with van der Waals surface area (Å²) in [6.45, 7) is 4.91. The Balaban J connectivity index is 1.22. The van der Waals surface area contributed by atoms with Crippen LogP contribution in [0.15, 0.2) is 23.8 Å². The molecule has 0 aromatic carbocycles. The van der Waals surface area contributed by atoms with E-state index in [2.05, 4.69) is 0 Å². The van der Waals surface area contributed by atoms with Crippen LogP contribution < -0.4 is 0 Å². The number of aliphatic carboxylic acids is 1. The number of aliphatic hydroxyl groups excluding tert-OH is 1. The molecule has 6 saturated carbocycles. The van der Waals surface area contributed by atoms with Gasteiger partial charge in [-0.15, -0.1) is 0 Å². The minimum absolute atomic E-state index is 0.0291. The van der Waals surface area contributed by atoms with Crippen molar-refractivity contribution in [2.24, 2.45) is 51.8 Å². The highest BCUT2D eigenvalue weighted by Gasteiger charge is 2.79. The number of carbonyl (C=O) groups excluding carboxylic acids is 2. The molecule has 0 aliphatic heterocycles. The highest BCUT2D eigenvalue weighted by atomic mass is 19.1. The van der Waals surface area contributed by atoms with Crippen LogP contribution in [0.4, 0.5) is 8.78 Å². The van der Waals surface area contributed by atoms with Gasteiger partial charge in [-0.3, -0.25) is 9.59 Å². The molecule has 1 spiro atoms. The number of esters is 1. The molecule has 7 aliphatic carbocycles. The fourth-order valence-electron chi connectivity index (χ4n) is 11.4. The molecule has 1 unspecified atom stereocenters. The Bertz CT molecular complexity index is 1240. The number of ketones is 1. The van der Waals surface area contributed by atoms with Crippen LogP contribution in [-0.2, 0) is 19.1 Å². The first-order valence-electron chi connectivity index (χ1n) is 14.7. The summed E-state index contributed by atoms with van der Waals surface area (Å²) in [6, 6.07) is 0. The lowest BCUT2D eigenvalue weighted by Gasteiger charge is -2.63. The number of hydrogen-bond acceptors (Lipinski definition) is 5. The van der Waals surface area contributed by atoms with Gasteiger partial charge in [0.15, 0.2) is 11.5 Å². The van der Waals surface area contributed by atoms with Crippen molar-refractivity contribution >= 4 is 17.7 Å². The number of rotatable bonds is 4. The number of halogens is 2. The molecule has 0 amide bonds. The lowest BCUT2D eigenvalue weighted by Crippen LogP contribution is -2.71. The van der Waals surface area contributed by atoms with Crippen molar-refractivity contribution < 1.29 is 38.1 Å². The maximum Gasteiger partial charge on any atom is 0.349 e. The summed E-state index contributed by atoms with van der Waals surface area (Å²) in [6.07, 6.45) is 4.98. The lowest BCUT2D eigenvalue weighted by molar-refractivity contribution is -0.238. The van der Waals surface area contributed by atoms with E-state index in [1.807, 2.05) is 0 Å². The van der Waals surface area contributed by atoms with E-state index in [0.717, 1.165) is 24.8 Å². The standard InChI is InChI=1S/C31H38F2O6/c1-15-8-20-21-11-23(32)22-10-18(34)6-7-27(22,2)30(21,33)24(35)14-28(20,3)31(15,26(37)38)39-25(36)9-16-12-29-13-17(29)4-5-19(16)29/h6-7,10,15-17,19-21,23-24,35H,4-5,8-9,11-14H2,1-3H3,(H,37,38)/t15-,16+,17-,19-,20+,21+,23+,24+,27+,28+,29?,30+,31+/m1/s1. The fraction of sp³-hybridized carbons (Fsp3) is 0.774. The Hall–Kier alpha value is -2.09. The van der Waals surface area contributed by atoms with Gasteiger partial charge in [0.1, 0.15) is 6.17 Å². The van der Waals surface area contributed by atoms with Crippen molar-refractivity contribution in [1.29, 1.82) is 0 Å². The van der Waals surface area contributed by atoms with Gasteiger partial charge in [-0.2, -0.15) is 0 Å². The number of alkyl halides is 2. The molecule has 6 nitrogen and oxygen atoms in total. The first-order chi connectivity index (χ1) is 18.2. The van der Waals surface area contributed by atoms with Gasteiger partial charge in [-0.1, -0.05) is 19.9 Å². The van der Waals surface area contributed by atoms with Gasteiger partial charge in [0.2, 0.25) is 5.60 Å². The molecule has 7 rings (SSSR count). The third kappa shape index (κ3) is 2.82. The second kappa shape index (κ2) is 7.59. The van der Waals surface area contributed by atoms with Crippen molar-refractivity contribution in [3.63, 3.8) is 0 Å². The van der Waals surface area contributed by atoms with Crippen molar-refractivity contribution in [1.82, 2.24) is 0 Å². The largest absolute Gasteiger partial charge is 0.478 e. The normalized spacial score (nSPS) is 56.3. The molecule has 212 valence electrons. The van der Waals surface area contributed by atoms with E-state index >= 15 is 8.78 Å². The van der Waals surface area contributed by atoms with Gasteiger partial charge < -0.3 is 14.9 Å². The quantitative estimate of drug-likeness (QED) is 0.496. The highest BCUT2D eigenvalue weighted by Crippen LogP contribution is 2.78. The molecule has 7 aliphatic rings. The van der Waals surface area contributed by atoms with Crippen LogP contribution in [0, 0.1) is 51.8 Å². The zero-order valence-electron chi connectivity index (χ0n) is 22.8. The predicted octanol–water partition coefficient (Wildman–Crippen LogP) is 4.74. The van der Waals surface area contributed by atoms with E-state index in [9.17, 15) is 24.6 Å². The molecule has 0 bridgehead atoms. The molecule has 2 N–H and O–H groups in total. The lowest BCUT2D eigenvalue weighted by atomic mass is 9.44. The zero-order valence-corrected chi connectivity index (χ0v) is 22.8. The molecule has 0 aromatic rings. The number of fused-ring (bicyclic) bond motifs is 5. The Morgan fingerprint density at radius 2 is 1.85 bits per heavy atom. The van der Waals surface area contributed by atoms with Crippen LogP contribution in [0.5, 0.6) is 0 Å². The fourth-order valence-corrected chi connectivity index (χ4v) is 11.4. The van der Waals surface area contributed by atoms with Crippen molar-refractivity contribution in [2.45, 2.75) is 95.7 Å². The van der Waals surface area contributed by atoms with E-state index in [1.54, 1.807) is 13.8 Å². The van der Waals surface area contributed by atoms with E-state index in [-0.39, 0.29) is 37.2 Å². The average molecular weight is 545 g/mol. The Morgan fingerprint density at radius 1 is 1.10 bits per heavy atom. The number of hydrogen-bond donors (Lipinski definition) is 2. The number of carboxylic acid groups (broad SMARTS) is 1. The summed E-state index contributed by atoms with van der Waals surface area (Å²) >= 11 is 0. The zero-order chi connectivity index (χ0) is 27.9. The molecule has 39 heavy (non-hydrogen) atoms. The van der Waals surface area contributed by atoms with Crippen LogP contribution in [0.1, 0.15) is 72.1 Å². The van der Waals surface area contributed by atoms with Gasteiger partial charge >= 0.3 is 11.9 Å². The average Bonchev–Trinajstić information content (AvgIpc) is 3.45. The molecular formula is C31H38F2O6. The van der Waals surface area contributed by atoms with Crippen LogP contribution in [0.25, 0.3) is 0 Å². The summed E-state index contributed by atoms with van der Waals surface area (Å²) in [5.74, 6) is -3.02.